The van der Waals surface area contributed by atoms with Crippen LogP contribution in [0.3, 0.4) is 0 Å². The SMILES string of the molecule is COC(=O)C1=C(Nc2c(I)cccc2C(=O)OC)C(=O)N(CCO)C1. The Kier molecular flexibility index (Phi) is 6.37. The summed E-state index contributed by atoms with van der Waals surface area (Å²) in [6.45, 7) is -0.130. The van der Waals surface area contributed by atoms with Crippen LogP contribution in [0.2, 0.25) is 0 Å². The zero-order chi connectivity index (χ0) is 18.6. The van der Waals surface area contributed by atoms with E-state index in [-0.39, 0.29) is 36.5 Å². The largest absolute Gasteiger partial charge is 0.466 e. The molecule has 134 valence electrons. The predicted octanol–water partition coefficient (Wildman–Crippen LogP) is 0.751. The molecule has 25 heavy (non-hydrogen) atoms. The number of nitrogens with one attached hydrogen (secondary N) is 1. The number of hydrogen-bond donors (Lipinski definition) is 2. The average Bonchev–Trinajstić information content (AvgIpc) is 2.92. The third kappa shape index (κ3) is 3.93. The second-order valence-electron chi connectivity index (χ2n) is 5.07. The highest BCUT2D eigenvalue weighted by Crippen LogP contribution is 2.29. The summed E-state index contributed by atoms with van der Waals surface area (Å²) < 4.78 is 10.2. The molecule has 1 aromatic rings. The average molecular weight is 460 g/mol. The van der Waals surface area contributed by atoms with Gasteiger partial charge in [-0.3, -0.25) is 4.79 Å². The number of aliphatic hydroxyl groups excluding tert-OH is 1. The number of para-hydroxylation sites is 1. The van der Waals surface area contributed by atoms with Gasteiger partial charge in [0.2, 0.25) is 0 Å². The number of hydrogen-bond acceptors (Lipinski definition) is 7. The summed E-state index contributed by atoms with van der Waals surface area (Å²) in [6.07, 6.45) is 0. The Hall–Kier alpha value is -2.14. The van der Waals surface area contributed by atoms with Gasteiger partial charge in [-0.05, 0) is 34.7 Å². The number of methoxy groups -OCH3 is 2. The molecule has 1 aliphatic heterocycles. The van der Waals surface area contributed by atoms with Gasteiger partial charge in [-0.2, -0.15) is 0 Å². The summed E-state index contributed by atoms with van der Waals surface area (Å²) in [4.78, 5) is 37.9. The molecule has 2 rings (SSSR count). The number of β-amino-alcohol motifs (C(OH)–C–C–N with tert-alkyl or cyclic N) is 1. The van der Waals surface area contributed by atoms with Crippen LogP contribution >= 0.6 is 22.6 Å². The fraction of sp³-hybridized carbons (Fsp3) is 0.312. The first-order valence-electron chi connectivity index (χ1n) is 7.30. The molecule has 0 saturated carbocycles. The Balaban J connectivity index is 2.47. The van der Waals surface area contributed by atoms with Crippen LogP contribution in [0.4, 0.5) is 5.69 Å². The molecular formula is C16H17IN2O6. The van der Waals surface area contributed by atoms with Gasteiger partial charge in [0, 0.05) is 10.1 Å². The van der Waals surface area contributed by atoms with E-state index in [9.17, 15) is 14.4 Å². The molecule has 1 aliphatic rings. The van der Waals surface area contributed by atoms with Crippen molar-refractivity contribution >= 4 is 46.1 Å². The van der Waals surface area contributed by atoms with E-state index in [2.05, 4.69) is 5.32 Å². The molecule has 1 heterocycles. The minimum absolute atomic E-state index is 0.0192. The monoisotopic (exact) mass is 460 g/mol. The Labute approximate surface area is 157 Å². The fourth-order valence-corrected chi connectivity index (χ4v) is 3.04. The molecule has 0 saturated heterocycles. The van der Waals surface area contributed by atoms with Crippen molar-refractivity contribution < 1.29 is 29.0 Å². The Morgan fingerprint density at radius 2 is 1.96 bits per heavy atom. The molecule has 1 amide bonds. The molecule has 2 N–H and O–H groups in total. The maximum absolute atomic E-state index is 12.6. The number of aliphatic hydroxyl groups is 1. The minimum atomic E-state index is -0.651. The number of ether oxygens (including phenoxy) is 2. The van der Waals surface area contributed by atoms with Gasteiger partial charge in [-0.25, -0.2) is 9.59 Å². The maximum Gasteiger partial charge on any atom is 0.340 e. The van der Waals surface area contributed by atoms with Crippen LogP contribution in [-0.2, 0) is 19.1 Å². The first kappa shape index (κ1) is 19.2. The van der Waals surface area contributed by atoms with E-state index in [0.29, 0.717) is 9.26 Å². The van der Waals surface area contributed by atoms with Crippen molar-refractivity contribution in [1.82, 2.24) is 4.90 Å². The molecular weight excluding hydrogens is 443 g/mol. The van der Waals surface area contributed by atoms with E-state index >= 15 is 0 Å². The third-order valence-electron chi connectivity index (χ3n) is 3.62. The lowest BCUT2D eigenvalue weighted by Gasteiger charge is -2.16. The highest BCUT2D eigenvalue weighted by atomic mass is 127. The maximum atomic E-state index is 12.6. The third-order valence-corrected chi connectivity index (χ3v) is 4.52. The van der Waals surface area contributed by atoms with Crippen molar-refractivity contribution in [3.63, 3.8) is 0 Å². The van der Waals surface area contributed by atoms with Gasteiger partial charge in [0.25, 0.3) is 5.91 Å². The van der Waals surface area contributed by atoms with E-state index < -0.39 is 17.8 Å². The Morgan fingerprint density at radius 1 is 1.28 bits per heavy atom. The number of benzene rings is 1. The lowest BCUT2D eigenvalue weighted by atomic mass is 10.1. The molecule has 0 aromatic heterocycles. The van der Waals surface area contributed by atoms with Gasteiger partial charge >= 0.3 is 11.9 Å². The summed E-state index contributed by atoms with van der Waals surface area (Å²) in [7, 11) is 2.48. The van der Waals surface area contributed by atoms with Crippen LogP contribution < -0.4 is 5.32 Å². The first-order valence-corrected chi connectivity index (χ1v) is 8.37. The number of amides is 1. The van der Waals surface area contributed by atoms with Crippen molar-refractivity contribution in [3.05, 3.63) is 38.6 Å². The van der Waals surface area contributed by atoms with Gasteiger partial charge < -0.3 is 24.8 Å². The van der Waals surface area contributed by atoms with E-state index in [4.69, 9.17) is 14.6 Å². The van der Waals surface area contributed by atoms with E-state index in [1.807, 2.05) is 22.6 Å². The van der Waals surface area contributed by atoms with E-state index in [1.54, 1.807) is 18.2 Å². The molecule has 0 aliphatic carbocycles. The van der Waals surface area contributed by atoms with Crippen LogP contribution in [0.25, 0.3) is 0 Å². The molecule has 0 fully saturated rings. The van der Waals surface area contributed by atoms with Crippen molar-refractivity contribution in [1.29, 1.82) is 0 Å². The van der Waals surface area contributed by atoms with Gasteiger partial charge in [0.05, 0.1) is 44.2 Å². The van der Waals surface area contributed by atoms with Crippen LogP contribution in [0, 0.1) is 3.57 Å². The first-order chi connectivity index (χ1) is 11.9. The van der Waals surface area contributed by atoms with Crippen LogP contribution in [0.1, 0.15) is 10.4 Å². The summed E-state index contributed by atoms with van der Waals surface area (Å²) in [5, 5.41) is 12.0. The minimum Gasteiger partial charge on any atom is -0.466 e. The molecule has 9 heteroatoms. The Morgan fingerprint density at radius 3 is 2.56 bits per heavy atom. The number of esters is 2. The number of anilines is 1. The van der Waals surface area contributed by atoms with Gasteiger partial charge in [-0.1, -0.05) is 6.07 Å². The zero-order valence-electron chi connectivity index (χ0n) is 13.7. The molecule has 0 unspecified atom stereocenters. The van der Waals surface area contributed by atoms with Gasteiger partial charge in [-0.15, -0.1) is 0 Å². The summed E-state index contributed by atoms with van der Waals surface area (Å²) in [5.41, 5.74) is 0.760. The Bertz CT molecular complexity index is 746. The highest BCUT2D eigenvalue weighted by Gasteiger charge is 2.35. The molecule has 0 radical (unpaired) electrons. The topological polar surface area (TPSA) is 105 Å². The molecule has 0 bridgehead atoms. The van der Waals surface area contributed by atoms with E-state index in [1.165, 1.54) is 19.1 Å². The van der Waals surface area contributed by atoms with Crippen molar-refractivity contribution in [2.24, 2.45) is 0 Å². The van der Waals surface area contributed by atoms with Gasteiger partial charge in [0.15, 0.2) is 0 Å². The number of carbonyl (C=O) groups excluding carboxylic acids is 3. The number of nitrogens with zero attached hydrogens (tertiary/aromatic N) is 1. The van der Waals surface area contributed by atoms with Gasteiger partial charge in [0.1, 0.15) is 5.70 Å². The predicted molar refractivity (Wildman–Crippen MR) is 96.8 cm³/mol. The second-order valence-corrected chi connectivity index (χ2v) is 6.24. The van der Waals surface area contributed by atoms with Crippen LogP contribution in [-0.4, -0.2) is 61.8 Å². The van der Waals surface area contributed by atoms with Crippen molar-refractivity contribution in [2.75, 3.05) is 39.2 Å². The van der Waals surface area contributed by atoms with Crippen LogP contribution in [0.15, 0.2) is 29.5 Å². The lowest BCUT2D eigenvalue weighted by Crippen LogP contribution is -2.31. The standard InChI is InChI=1S/C16H17IN2O6/c1-24-15(22)9-4-3-5-11(17)12(9)18-13-10(16(23)25-2)8-19(6-7-20)14(13)21/h3-5,18,20H,6-8H2,1-2H3. The van der Waals surface area contributed by atoms with E-state index in [0.717, 1.165) is 0 Å². The number of halogens is 1. The van der Waals surface area contributed by atoms with Crippen LogP contribution in [0.5, 0.6) is 0 Å². The smallest absolute Gasteiger partial charge is 0.340 e. The van der Waals surface area contributed by atoms with Crippen molar-refractivity contribution in [2.45, 2.75) is 0 Å². The quantitative estimate of drug-likeness (QED) is 0.477. The normalized spacial score (nSPS) is 13.9. The molecule has 8 nitrogen and oxygen atoms in total. The highest BCUT2D eigenvalue weighted by molar-refractivity contribution is 14.1. The summed E-state index contributed by atoms with van der Waals surface area (Å²) in [5.74, 6) is -1.68. The summed E-state index contributed by atoms with van der Waals surface area (Å²) in [6, 6.07) is 4.99. The molecule has 0 atom stereocenters. The zero-order valence-corrected chi connectivity index (χ0v) is 15.8. The van der Waals surface area contributed by atoms with Crippen molar-refractivity contribution in [3.8, 4) is 0 Å². The lowest BCUT2D eigenvalue weighted by molar-refractivity contribution is -0.136. The fourth-order valence-electron chi connectivity index (χ4n) is 2.41. The number of rotatable bonds is 6. The molecule has 1 aromatic carbocycles. The summed E-state index contributed by atoms with van der Waals surface area (Å²) >= 11 is 2.01. The second kappa shape index (κ2) is 8.30. The molecule has 0 spiro atoms. The number of carbonyl (C=O) groups is 3.